The monoisotopic (exact) mass is 501 g/mol. The molecule has 0 saturated carbocycles. The second-order valence-electron chi connectivity index (χ2n) is 8.12. The van der Waals surface area contributed by atoms with E-state index in [1.54, 1.807) is 0 Å². The molecule has 0 radical (unpaired) electrons. The lowest BCUT2D eigenvalue weighted by molar-refractivity contribution is 0.140. The number of likely N-dealkylation sites (N-methyl/N-ethyl adjacent to an activating group) is 1. The minimum atomic E-state index is 0. The van der Waals surface area contributed by atoms with Crippen LogP contribution in [0.2, 0.25) is 0 Å². The topological polar surface area (TPSA) is 42.9 Å². The first-order chi connectivity index (χ1) is 13.0. The lowest BCUT2D eigenvalue weighted by atomic mass is 10.0. The molecule has 1 fully saturated rings. The van der Waals surface area contributed by atoms with Crippen LogP contribution >= 0.6 is 24.0 Å². The Morgan fingerprint density at radius 2 is 1.71 bits per heavy atom. The van der Waals surface area contributed by atoms with Crippen LogP contribution in [0.25, 0.3) is 0 Å². The third kappa shape index (κ3) is 9.09. The van der Waals surface area contributed by atoms with Gasteiger partial charge in [0.15, 0.2) is 5.96 Å². The van der Waals surface area contributed by atoms with Crippen LogP contribution in [0, 0.1) is 12.8 Å². The highest BCUT2D eigenvalue weighted by molar-refractivity contribution is 14.0. The van der Waals surface area contributed by atoms with Gasteiger partial charge in [-0.05, 0) is 38.3 Å². The quantitative estimate of drug-likeness (QED) is 0.327. The second-order valence-corrected chi connectivity index (χ2v) is 8.12. The molecule has 28 heavy (non-hydrogen) atoms. The Bertz CT molecular complexity index is 567. The van der Waals surface area contributed by atoms with Crippen LogP contribution in [0.15, 0.2) is 29.3 Å². The highest BCUT2D eigenvalue weighted by atomic mass is 127. The van der Waals surface area contributed by atoms with Gasteiger partial charge in [-0.1, -0.05) is 43.7 Å². The van der Waals surface area contributed by atoms with Gasteiger partial charge in [-0.3, -0.25) is 4.99 Å². The molecular weight excluding hydrogens is 461 g/mol. The van der Waals surface area contributed by atoms with Gasteiger partial charge in [0.25, 0.3) is 0 Å². The SMILES string of the molecule is CCNC(=NCC(C)CN1CCN(C)CC1)NCC(C)c1ccc(C)cc1.I. The van der Waals surface area contributed by atoms with Crippen molar-refractivity contribution < 1.29 is 0 Å². The second kappa shape index (κ2) is 13.4. The Balaban J connectivity index is 0.00000392. The van der Waals surface area contributed by atoms with E-state index < -0.39 is 0 Å². The predicted molar refractivity (Wildman–Crippen MR) is 132 cm³/mol. The average Bonchev–Trinajstić information content (AvgIpc) is 2.66. The molecule has 2 unspecified atom stereocenters. The Hall–Kier alpha value is -0.860. The molecule has 1 aliphatic heterocycles. The fraction of sp³-hybridized carbons (Fsp3) is 0.682. The molecule has 1 saturated heterocycles. The molecule has 2 atom stereocenters. The van der Waals surface area contributed by atoms with Crippen LogP contribution in [0.3, 0.4) is 0 Å². The van der Waals surface area contributed by atoms with Gasteiger partial charge in [0.05, 0.1) is 0 Å². The van der Waals surface area contributed by atoms with E-state index >= 15 is 0 Å². The summed E-state index contributed by atoms with van der Waals surface area (Å²) in [5.41, 5.74) is 2.68. The molecule has 2 N–H and O–H groups in total. The molecule has 1 aromatic carbocycles. The van der Waals surface area contributed by atoms with Crippen molar-refractivity contribution in [2.24, 2.45) is 10.9 Å². The minimum Gasteiger partial charge on any atom is -0.357 e. The highest BCUT2D eigenvalue weighted by Crippen LogP contribution is 2.14. The van der Waals surface area contributed by atoms with Crippen molar-refractivity contribution in [2.45, 2.75) is 33.6 Å². The van der Waals surface area contributed by atoms with E-state index in [1.807, 2.05) is 0 Å². The standard InChI is InChI=1S/C22H39N5.HI/c1-6-23-22(25-16-20(4)21-9-7-18(2)8-10-21)24-15-19(3)17-27-13-11-26(5)12-14-27;/h7-10,19-20H,6,11-17H2,1-5H3,(H2,23,24,25);1H. The van der Waals surface area contributed by atoms with Crippen LogP contribution in [0.5, 0.6) is 0 Å². The molecule has 1 aromatic rings. The summed E-state index contributed by atoms with van der Waals surface area (Å²) >= 11 is 0. The van der Waals surface area contributed by atoms with Crippen LogP contribution in [-0.4, -0.2) is 75.2 Å². The average molecular weight is 502 g/mol. The zero-order valence-electron chi connectivity index (χ0n) is 18.4. The van der Waals surface area contributed by atoms with E-state index in [9.17, 15) is 0 Å². The summed E-state index contributed by atoms with van der Waals surface area (Å²) in [7, 11) is 2.21. The van der Waals surface area contributed by atoms with Gasteiger partial charge in [0.1, 0.15) is 0 Å². The summed E-state index contributed by atoms with van der Waals surface area (Å²) < 4.78 is 0. The van der Waals surface area contributed by atoms with E-state index in [1.165, 1.54) is 37.3 Å². The third-order valence-corrected chi connectivity index (χ3v) is 5.29. The number of aryl methyl sites for hydroxylation is 1. The van der Waals surface area contributed by atoms with Crippen LogP contribution < -0.4 is 10.6 Å². The van der Waals surface area contributed by atoms with Crippen molar-refractivity contribution in [3.8, 4) is 0 Å². The Morgan fingerprint density at radius 1 is 1.07 bits per heavy atom. The Kier molecular flexibility index (Phi) is 12.0. The number of benzene rings is 1. The molecular formula is C22H40IN5. The van der Waals surface area contributed by atoms with Crippen LogP contribution in [0.4, 0.5) is 0 Å². The normalized spacial score (nSPS) is 18.2. The number of hydrogen-bond acceptors (Lipinski definition) is 3. The first-order valence-electron chi connectivity index (χ1n) is 10.5. The van der Waals surface area contributed by atoms with Crippen molar-refractivity contribution in [3.05, 3.63) is 35.4 Å². The van der Waals surface area contributed by atoms with Gasteiger partial charge in [-0.15, -0.1) is 24.0 Å². The third-order valence-electron chi connectivity index (χ3n) is 5.29. The van der Waals surface area contributed by atoms with Gasteiger partial charge in [0.2, 0.25) is 0 Å². The molecule has 0 spiro atoms. The summed E-state index contributed by atoms with van der Waals surface area (Å²) in [6.07, 6.45) is 0. The maximum Gasteiger partial charge on any atom is 0.191 e. The molecule has 0 aromatic heterocycles. The predicted octanol–water partition coefficient (Wildman–Crippen LogP) is 3.16. The van der Waals surface area contributed by atoms with E-state index in [-0.39, 0.29) is 24.0 Å². The molecule has 5 nitrogen and oxygen atoms in total. The minimum absolute atomic E-state index is 0. The van der Waals surface area contributed by atoms with Crippen molar-refractivity contribution in [3.63, 3.8) is 0 Å². The lowest BCUT2D eigenvalue weighted by Gasteiger charge is -2.33. The smallest absolute Gasteiger partial charge is 0.191 e. The molecule has 0 aliphatic carbocycles. The maximum atomic E-state index is 4.83. The molecule has 1 aliphatic rings. The van der Waals surface area contributed by atoms with Gasteiger partial charge in [-0.2, -0.15) is 0 Å². The summed E-state index contributed by atoms with van der Waals surface area (Å²) in [4.78, 5) is 9.80. The summed E-state index contributed by atoms with van der Waals surface area (Å²) in [6, 6.07) is 8.82. The summed E-state index contributed by atoms with van der Waals surface area (Å²) in [5.74, 6) is 1.96. The van der Waals surface area contributed by atoms with Gasteiger partial charge >= 0.3 is 0 Å². The first kappa shape index (κ1) is 25.2. The van der Waals surface area contributed by atoms with Crippen molar-refractivity contribution in [2.75, 3.05) is 59.4 Å². The van der Waals surface area contributed by atoms with Crippen molar-refractivity contribution >= 4 is 29.9 Å². The van der Waals surface area contributed by atoms with Crippen LogP contribution in [0.1, 0.15) is 37.8 Å². The summed E-state index contributed by atoms with van der Waals surface area (Å²) in [6.45, 7) is 17.3. The Labute approximate surface area is 189 Å². The van der Waals surface area contributed by atoms with Crippen molar-refractivity contribution in [1.82, 2.24) is 20.4 Å². The fourth-order valence-electron chi connectivity index (χ4n) is 3.38. The molecule has 160 valence electrons. The number of nitrogens with one attached hydrogen (secondary N) is 2. The van der Waals surface area contributed by atoms with E-state index in [0.717, 1.165) is 32.1 Å². The van der Waals surface area contributed by atoms with E-state index in [2.05, 4.69) is 79.4 Å². The fourth-order valence-corrected chi connectivity index (χ4v) is 3.38. The number of piperazine rings is 1. The summed E-state index contributed by atoms with van der Waals surface area (Å²) in [5, 5.41) is 6.90. The van der Waals surface area contributed by atoms with Crippen LogP contribution in [-0.2, 0) is 0 Å². The number of hydrogen-bond donors (Lipinski definition) is 2. The van der Waals surface area contributed by atoms with Gasteiger partial charge in [-0.25, -0.2) is 0 Å². The highest BCUT2D eigenvalue weighted by Gasteiger charge is 2.16. The number of aliphatic imine (C=N–C) groups is 1. The van der Waals surface area contributed by atoms with Crippen molar-refractivity contribution in [1.29, 1.82) is 0 Å². The largest absolute Gasteiger partial charge is 0.357 e. The molecule has 0 amide bonds. The lowest BCUT2D eigenvalue weighted by Crippen LogP contribution is -2.46. The number of guanidine groups is 1. The number of halogens is 1. The Morgan fingerprint density at radius 3 is 2.32 bits per heavy atom. The van der Waals surface area contributed by atoms with Gasteiger partial charge < -0.3 is 20.4 Å². The van der Waals surface area contributed by atoms with E-state index in [0.29, 0.717) is 11.8 Å². The zero-order chi connectivity index (χ0) is 19.6. The first-order valence-corrected chi connectivity index (χ1v) is 10.5. The number of rotatable bonds is 8. The zero-order valence-corrected chi connectivity index (χ0v) is 20.7. The molecule has 2 rings (SSSR count). The number of nitrogens with zero attached hydrogens (tertiary/aromatic N) is 3. The van der Waals surface area contributed by atoms with E-state index in [4.69, 9.17) is 4.99 Å². The van der Waals surface area contributed by atoms with Gasteiger partial charge in [0, 0.05) is 52.4 Å². The molecule has 1 heterocycles. The molecule has 6 heteroatoms. The molecule has 0 bridgehead atoms. The maximum absolute atomic E-state index is 4.83.